The lowest BCUT2D eigenvalue weighted by atomic mass is 10.2. The molecule has 26 heavy (non-hydrogen) atoms. The second-order valence-corrected chi connectivity index (χ2v) is 6.10. The van der Waals surface area contributed by atoms with E-state index >= 15 is 0 Å². The maximum absolute atomic E-state index is 12.5. The molecule has 0 aliphatic carbocycles. The lowest BCUT2D eigenvalue weighted by Crippen LogP contribution is -2.39. The van der Waals surface area contributed by atoms with Gasteiger partial charge in [-0.25, -0.2) is 4.79 Å². The first kappa shape index (κ1) is 19.4. The van der Waals surface area contributed by atoms with Gasteiger partial charge >= 0.3 is 5.97 Å². The van der Waals surface area contributed by atoms with E-state index in [2.05, 4.69) is 0 Å². The molecule has 0 aliphatic rings. The summed E-state index contributed by atoms with van der Waals surface area (Å²) in [6.45, 7) is 3.20. The Balaban J connectivity index is 2.09. The molecule has 0 saturated carbocycles. The molecular weight excluding hydrogens is 360 g/mol. The molecule has 0 spiro atoms. The molecule has 0 heterocycles. The van der Waals surface area contributed by atoms with Crippen molar-refractivity contribution < 1.29 is 19.2 Å². The van der Waals surface area contributed by atoms with Crippen LogP contribution in [0, 0.1) is 10.1 Å². The standard InChI is InChI=1S/C18H17ClN2O5/c1-12(2)20(14-6-4-3-5-7-14)17(22)11-26-18(23)13-8-9-15(19)16(10-13)21(24)25/h3-10,12H,11H2,1-2H3. The predicted octanol–water partition coefficient (Wildman–Crippen LogP) is 3.85. The first-order chi connectivity index (χ1) is 12.3. The fourth-order valence-corrected chi connectivity index (χ4v) is 2.56. The molecule has 0 atom stereocenters. The van der Waals surface area contributed by atoms with Crippen molar-refractivity contribution in [1.82, 2.24) is 0 Å². The predicted molar refractivity (Wildman–Crippen MR) is 97.5 cm³/mol. The van der Waals surface area contributed by atoms with Gasteiger partial charge in [-0.05, 0) is 38.1 Å². The number of nitro groups is 1. The van der Waals surface area contributed by atoms with E-state index in [1.165, 1.54) is 17.0 Å². The highest BCUT2D eigenvalue weighted by Crippen LogP contribution is 2.25. The van der Waals surface area contributed by atoms with E-state index in [0.29, 0.717) is 5.69 Å². The van der Waals surface area contributed by atoms with Crippen LogP contribution < -0.4 is 4.90 Å². The maximum atomic E-state index is 12.5. The van der Waals surface area contributed by atoms with Crippen molar-refractivity contribution in [2.24, 2.45) is 0 Å². The highest BCUT2D eigenvalue weighted by atomic mass is 35.5. The van der Waals surface area contributed by atoms with Crippen molar-refractivity contribution >= 4 is 34.9 Å². The molecule has 0 aliphatic heterocycles. The number of ether oxygens (including phenoxy) is 1. The normalized spacial score (nSPS) is 10.5. The number of rotatable bonds is 6. The van der Waals surface area contributed by atoms with Gasteiger partial charge in [0.15, 0.2) is 6.61 Å². The summed E-state index contributed by atoms with van der Waals surface area (Å²) in [5, 5.41) is 10.8. The van der Waals surface area contributed by atoms with E-state index in [1.54, 1.807) is 24.3 Å². The number of hydrogen-bond donors (Lipinski definition) is 0. The molecule has 0 fully saturated rings. The Morgan fingerprint density at radius 2 is 1.85 bits per heavy atom. The highest BCUT2D eigenvalue weighted by molar-refractivity contribution is 6.32. The zero-order valence-electron chi connectivity index (χ0n) is 14.2. The molecule has 8 heteroatoms. The average molecular weight is 377 g/mol. The zero-order chi connectivity index (χ0) is 19.3. The molecule has 0 radical (unpaired) electrons. The maximum Gasteiger partial charge on any atom is 0.338 e. The van der Waals surface area contributed by atoms with E-state index < -0.39 is 29.1 Å². The minimum absolute atomic E-state index is 0.0512. The van der Waals surface area contributed by atoms with Gasteiger partial charge in [0.05, 0.1) is 10.5 Å². The number of para-hydroxylation sites is 1. The molecule has 2 rings (SSSR count). The van der Waals surface area contributed by atoms with Gasteiger partial charge in [-0.2, -0.15) is 0 Å². The van der Waals surface area contributed by atoms with Gasteiger partial charge < -0.3 is 9.64 Å². The van der Waals surface area contributed by atoms with E-state index in [1.807, 2.05) is 19.9 Å². The fraction of sp³-hybridized carbons (Fsp3) is 0.222. The van der Waals surface area contributed by atoms with Crippen LogP contribution in [0.15, 0.2) is 48.5 Å². The first-order valence-electron chi connectivity index (χ1n) is 7.79. The van der Waals surface area contributed by atoms with Gasteiger partial charge in [0.2, 0.25) is 0 Å². The SMILES string of the molecule is CC(C)N(C(=O)COC(=O)c1ccc(Cl)c([N+](=O)[O-])c1)c1ccccc1. The van der Waals surface area contributed by atoms with E-state index in [0.717, 1.165) is 6.07 Å². The van der Waals surface area contributed by atoms with Crippen molar-refractivity contribution in [3.63, 3.8) is 0 Å². The molecular formula is C18H17ClN2O5. The van der Waals surface area contributed by atoms with Gasteiger partial charge in [-0.3, -0.25) is 14.9 Å². The number of carbonyl (C=O) groups excluding carboxylic acids is 2. The number of nitro benzene ring substituents is 1. The van der Waals surface area contributed by atoms with Gasteiger partial charge in [0.25, 0.3) is 11.6 Å². The van der Waals surface area contributed by atoms with Crippen LogP contribution >= 0.6 is 11.6 Å². The largest absolute Gasteiger partial charge is 0.452 e. The Morgan fingerprint density at radius 1 is 1.19 bits per heavy atom. The minimum atomic E-state index is -0.838. The number of benzene rings is 2. The summed E-state index contributed by atoms with van der Waals surface area (Å²) in [5.74, 6) is -1.24. The number of hydrogen-bond acceptors (Lipinski definition) is 5. The van der Waals surface area contributed by atoms with Crippen molar-refractivity contribution in [3.8, 4) is 0 Å². The Labute approximate surface area is 155 Å². The lowest BCUT2D eigenvalue weighted by molar-refractivity contribution is -0.384. The number of amides is 1. The molecule has 0 unspecified atom stereocenters. The third kappa shape index (κ3) is 4.58. The Kier molecular flexibility index (Phi) is 6.30. The lowest BCUT2D eigenvalue weighted by Gasteiger charge is -2.26. The molecule has 2 aromatic carbocycles. The van der Waals surface area contributed by atoms with E-state index in [9.17, 15) is 19.7 Å². The van der Waals surface area contributed by atoms with Gasteiger partial charge in [-0.15, -0.1) is 0 Å². The molecule has 1 amide bonds. The minimum Gasteiger partial charge on any atom is -0.452 e. The summed E-state index contributed by atoms with van der Waals surface area (Å²) in [6.07, 6.45) is 0. The Bertz CT molecular complexity index is 824. The Hall–Kier alpha value is -2.93. The summed E-state index contributed by atoms with van der Waals surface area (Å²) in [5.41, 5.74) is 0.232. The van der Waals surface area contributed by atoms with E-state index in [4.69, 9.17) is 16.3 Å². The van der Waals surface area contributed by atoms with E-state index in [-0.39, 0.29) is 16.6 Å². The second-order valence-electron chi connectivity index (χ2n) is 5.69. The Morgan fingerprint density at radius 3 is 2.42 bits per heavy atom. The van der Waals surface area contributed by atoms with Crippen molar-refractivity contribution in [2.75, 3.05) is 11.5 Å². The quantitative estimate of drug-likeness (QED) is 0.434. The third-order valence-electron chi connectivity index (χ3n) is 3.52. The number of halogens is 1. The fourth-order valence-electron chi connectivity index (χ4n) is 2.38. The van der Waals surface area contributed by atoms with Crippen molar-refractivity contribution in [3.05, 3.63) is 69.2 Å². The molecule has 0 saturated heterocycles. The second kappa shape index (κ2) is 8.44. The van der Waals surface area contributed by atoms with Gasteiger partial charge in [0, 0.05) is 17.8 Å². The first-order valence-corrected chi connectivity index (χ1v) is 8.17. The molecule has 0 N–H and O–H groups in total. The van der Waals surface area contributed by atoms with Gasteiger partial charge in [-0.1, -0.05) is 29.8 Å². The van der Waals surface area contributed by atoms with Crippen molar-refractivity contribution in [1.29, 1.82) is 0 Å². The van der Waals surface area contributed by atoms with Crippen LogP contribution in [0.2, 0.25) is 5.02 Å². The number of anilines is 1. The summed E-state index contributed by atoms with van der Waals surface area (Å²) < 4.78 is 5.02. The van der Waals surface area contributed by atoms with Crippen LogP contribution in [0.3, 0.4) is 0 Å². The number of carbonyl (C=O) groups is 2. The topological polar surface area (TPSA) is 89.8 Å². The molecule has 0 aromatic heterocycles. The summed E-state index contributed by atoms with van der Waals surface area (Å²) in [7, 11) is 0. The summed E-state index contributed by atoms with van der Waals surface area (Å²) in [4.78, 5) is 36.3. The van der Waals surface area contributed by atoms with Crippen LogP contribution in [0.4, 0.5) is 11.4 Å². The molecule has 7 nitrogen and oxygen atoms in total. The van der Waals surface area contributed by atoms with Gasteiger partial charge in [0.1, 0.15) is 5.02 Å². The van der Waals surface area contributed by atoms with Crippen LogP contribution in [0.25, 0.3) is 0 Å². The molecule has 2 aromatic rings. The smallest absolute Gasteiger partial charge is 0.338 e. The zero-order valence-corrected chi connectivity index (χ0v) is 15.0. The van der Waals surface area contributed by atoms with Crippen LogP contribution in [-0.2, 0) is 9.53 Å². The number of esters is 1. The monoisotopic (exact) mass is 376 g/mol. The third-order valence-corrected chi connectivity index (χ3v) is 3.84. The average Bonchev–Trinajstić information content (AvgIpc) is 2.60. The summed E-state index contributed by atoms with van der Waals surface area (Å²) >= 11 is 5.71. The highest BCUT2D eigenvalue weighted by Gasteiger charge is 2.22. The van der Waals surface area contributed by atoms with Crippen LogP contribution in [0.1, 0.15) is 24.2 Å². The van der Waals surface area contributed by atoms with Crippen LogP contribution in [0.5, 0.6) is 0 Å². The molecule has 0 bridgehead atoms. The molecule has 136 valence electrons. The van der Waals surface area contributed by atoms with Crippen LogP contribution in [-0.4, -0.2) is 29.4 Å². The summed E-state index contributed by atoms with van der Waals surface area (Å²) in [6, 6.07) is 12.4. The number of nitrogens with zero attached hydrogens (tertiary/aromatic N) is 2. The van der Waals surface area contributed by atoms with Crippen molar-refractivity contribution in [2.45, 2.75) is 19.9 Å².